The van der Waals surface area contributed by atoms with E-state index in [1.807, 2.05) is 6.92 Å². The van der Waals surface area contributed by atoms with Crippen molar-refractivity contribution in [1.29, 1.82) is 0 Å². The average molecular weight is 1110 g/mol. The number of nitrogens with one attached hydrogen (secondary N) is 10. The molecule has 2 aromatic rings. The van der Waals surface area contributed by atoms with Gasteiger partial charge in [0.15, 0.2) is 0 Å². The van der Waals surface area contributed by atoms with Crippen molar-refractivity contribution in [2.45, 2.75) is 178 Å². The third-order valence-corrected chi connectivity index (χ3v) is 12.4. The van der Waals surface area contributed by atoms with Crippen LogP contribution in [0.3, 0.4) is 0 Å². The van der Waals surface area contributed by atoms with Crippen LogP contribution in [0.4, 0.5) is 0 Å². The maximum absolute atomic E-state index is 13.8. The highest BCUT2D eigenvalue weighted by molar-refractivity contribution is 5.97. The first-order chi connectivity index (χ1) is 37.7. The molecule has 28 nitrogen and oxygen atoms in total. The zero-order valence-corrected chi connectivity index (χ0v) is 45.6. The van der Waals surface area contributed by atoms with Crippen molar-refractivity contribution in [3.05, 3.63) is 24.0 Å². The van der Waals surface area contributed by atoms with Gasteiger partial charge >= 0.3 is 0 Å². The normalized spacial score (nSPS) is 13.0. The largest absolute Gasteiger partial charge is 0.394 e. The SMILES string of the molecule is CCCC[C@H](NC(=O)[C@H](CCN)NC(=O)[C@H](Cc1c[nH]cn1)NC(=O)[C@H](CCC(N)=O)NC(=O)[C@H](CO)NC(=O)CNC(=O)COCCOCCNC(=O)CCCCCCCCCCCCCCCc1nnn[nH]1)C(=O)NC. The molecule has 2 aromatic heterocycles. The first kappa shape index (κ1) is 67.5. The lowest BCUT2D eigenvalue weighted by Crippen LogP contribution is -2.60. The van der Waals surface area contributed by atoms with E-state index in [1.54, 1.807) is 0 Å². The van der Waals surface area contributed by atoms with Crippen molar-refractivity contribution >= 4 is 53.2 Å². The number of aryl methyl sites for hydroxylation is 1. The Morgan fingerprint density at radius 1 is 0.628 bits per heavy atom. The summed E-state index contributed by atoms with van der Waals surface area (Å²) < 4.78 is 10.8. The van der Waals surface area contributed by atoms with E-state index < -0.39 is 104 Å². The highest BCUT2D eigenvalue weighted by Crippen LogP contribution is 2.14. The van der Waals surface area contributed by atoms with Gasteiger partial charge in [0.2, 0.25) is 53.2 Å². The number of hydrogen-bond donors (Lipinski definition) is 13. The number of primary amides is 1. The molecule has 2 rings (SSSR count). The predicted octanol–water partition coefficient (Wildman–Crippen LogP) is -1.60. The number of carbonyl (C=O) groups is 9. The fourth-order valence-electron chi connectivity index (χ4n) is 7.96. The Labute approximate surface area is 456 Å². The number of nitrogens with zero attached hydrogens (tertiary/aromatic N) is 4. The van der Waals surface area contributed by atoms with E-state index in [2.05, 4.69) is 73.1 Å². The lowest BCUT2D eigenvalue weighted by atomic mass is 10.0. The molecular formula is C50H88N16O12. The van der Waals surface area contributed by atoms with Gasteiger partial charge in [-0.1, -0.05) is 90.4 Å². The maximum atomic E-state index is 13.8. The van der Waals surface area contributed by atoms with E-state index >= 15 is 0 Å². The summed E-state index contributed by atoms with van der Waals surface area (Å²) in [5.41, 5.74) is 11.4. The molecule has 0 fully saturated rings. The summed E-state index contributed by atoms with van der Waals surface area (Å²) in [6, 6.07) is -6.69. The number of aromatic nitrogens is 6. The molecule has 0 saturated carbocycles. The van der Waals surface area contributed by atoms with Crippen LogP contribution >= 0.6 is 0 Å². The maximum Gasteiger partial charge on any atom is 0.246 e. The number of unbranched alkanes of at least 4 members (excludes halogenated alkanes) is 13. The summed E-state index contributed by atoms with van der Waals surface area (Å²) in [6.07, 6.45) is 20.2. The minimum atomic E-state index is -1.63. The molecule has 78 heavy (non-hydrogen) atoms. The number of aromatic amines is 2. The van der Waals surface area contributed by atoms with Gasteiger partial charge in [-0.15, -0.1) is 5.10 Å². The Balaban J connectivity index is 1.69. The summed E-state index contributed by atoms with van der Waals surface area (Å²) in [5.74, 6) is -5.53. The van der Waals surface area contributed by atoms with Crippen molar-refractivity contribution in [1.82, 2.24) is 73.1 Å². The number of tetrazole rings is 1. The second kappa shape index (κ2) is 42.4. The highest BCUT2D eigenvalue weighted by atomic mass is 16.5. The Kier molecular flexibility index (Phi) is 36.7. The molecule has 2 heterocycles. The number of carbonyl (C=O) groups excluding carboxylic acids is 9. The van der Waals surface area contributed by atoms with E-state index in [1.165, 1.54) is 77.4 Å². The molecule has 0 saturated heterocycles. The Morgan fingerprint density at radius 3 is 1.77 bits per heavy atom. The summed E-state index contributed by atoms with van der Waals surface area (Å²) in [7, 11) is 1.43. The molecular weight excluding hydrogens is 1020 g/mol. The van der Waals surface area contributed by atoms with Crippen LogP contribution in [0.2, 0.25) is 0 Å². The van der Waals surface area contributed by atoms with Gasteiger partial charge in [-0.25, -0.2) is 10.1 Å². The Hall–Kier alpha value is -6.65. The molecule has 5 atom stereocenters. The van der Waals surface area contributed by atoms with Crippen LogP contribution in [-0.4, -0.2) is 179 Å². The van der Waals surface area contributed by atoms with E-state index in [4.69, 9.17) is 20.9 Å². The second-order valence-electron chi connectivity index (χ2n) is 18.9. The molecule has 0 unspecified atom stereocenters. The van der Waals surface area contributed by atoms with Crippen molar-refractivity contribution in [2.24, 2.45) is 11.5 Å². The molecule has 15 N–H and O–H groups in total. The van der Waals surface area contributed by atoms with Gasteiger partial charge in [-0.05, 0) is 49.1 Å². The van der Waals surface area contributed by atoms with Crippen LogP contribution in [-0.2, 0) is 65.5 Å². The van der Waals surface area contributed by atoms with E-state index in [9.17, 15) is 48.3 Å². The number of hydrogen-bond acceptors (Lipinski definition) is 17. The van der Waals surface area contributed by atoms with Crippen LogP contribution in [0, 0.1) is 0 Å². The van der Waals surface area contributed by atoms with Gasteiger partial charge in [-0.3, -0.25) is 43.2 Å². The summed E-state index contributed by atoms with van der Waals surface area (Å²) in [5, 5.41) is 43.9. The quantitative estimate of drug-likeness (QED) is 0.0332. The first-order valence-corrected chi connectivity index (χ1v) is 27.4. The number of imidazole rings is 1. The van der Waals surface area contributed by atoms with Gasteiger partial charge in [0, 0.05) is 45.5 Å². The summed E-state index contributed by atoms with van der Waals surface area (Å²) >= 11 is 0. The van der Waals surface area contributed by atoms with Gasteiger partial charge in [-0.2, -0.15) is 0 Å². The van der Waals surface area contributed by atoms with E-state index in [0.29, 0.717) is 31.5 Å². The van der Waals surface area contributed by atoms with Crippen LogP contribution in [0.15, 0.2) is 12.5 Å². The number of ether oxygens (including phenoxy) is 2. The number of aliphatic hydroxyl groups excluding tert-OH is 1. The third kappa shape index (κ3) is 31.5. The molecule has 9 amide bonds. The van der Waals surface area contributed by atoms with Crippen LogP contribution in [0.5, 0.6) is 0 Å². The third-order valence-electron chi connectivity index (χ3n) is 12.4. The minimum absolute atomic E-state index is 0.0315. The molecule has 0 spiro atoms. The number of amides is 9. The second-order valence-corrected chi connectivity index (χ2v) is 18.9. The summed E-state index contributed by atoms with van der Waals surface area (Å²) in [6.45, 7) is 0.703. The predicted molar refractivity (Wildman–Crippen MR) is 285 cm³/mol. The van der Waals surface area contributed by atoms with Gasteiger partial charge in [0.1, 0.15) is 42.6 Å². The monoisotopic (exact) mass is 1100 g/mol. The number of aliphatic hydroxyl groups is 1. The van der Waals surface area contributed by atoms with E-state index in [-0.39, 0.29) is 51.5 Å². The smallest absolute Gasteiger partial charge is 0.246 e. The molecule has 0 aliphatic carbocycles. The van der Waals surface area contributed by atoms with Crippen LogP contribution in [0.25, 0.3) is 0 Å². The van der Waals surface area contributed by atoms with Crippen molar-refractivity contribution in [3.8, 4) is 0 Å². The number of likely N-dealkylation sites (N-methyl/N-ethyl adjacent to an activating group) is 1. The minimum Gasteiger partial charge on any atom is -0.394 e. The number of nitrogens with two attached hydrogens (primary N) is 2. The van der Waals surface area contributed by atoms with Crippen LogP contribution in [0.1, 0.15) is 147 Å². The number of H-pyrrole nitrogens is 2. The fraction of sp³-hybridized carbons (Fsp3) is 0.740. The number of rotatable bonds is 47. The zero-order chi connectivity index (χ0) is 57.2. The summed E-state index contributed by atoms with van der Waals surface area (Å²) in [4.78, 5) is 123. The fourth-order valence-corrected chi connectivity index (χ4v) is 7.96. The first-order valence-electron chi connectivity index (χ1n) is 27.4. The van der Waals surface area contributed by atoms with Gasteiger partial charge < -0.3 is 73.6 Å². The van der Waals surface area contributed by atoms with Crippen molar-refractivity contribution in [3.63, 3.8) is 0 Å². The Morgan fingerprint density at radius 2 is 1.21 bits per heavy atom. The molecule has 28 heteroatoms. The van der Waals surface area contributed by atoms with E-state index in [0.717, 1.165) is 44.3 Å². The standard InChI is InChI=1S/C50H88N16O12/c1-3-4-18-36(46(72)53-2)59-48(74)38(23-24-51)61-49(75)39(29-35-30-54-34-57-35)62-47(73)37(21-22-41(52)68)60-50(76)40(32-67)58-44(70)31-56-45(71)33-78-28-27-77-26-25-55-43(69)20-17-15-13-11-9-7-5-6-8-10-12-14-16-19-42-63-65-66-64-42/h30,34,36-40,67H,3-29,31-33,51H2,1-2H3,(H2,52,68)(H,53,72)(H,54,57)(H,55,69)(H,56,71)(H,58,70)(H,59,74)(H,60,76)(H,61,75)(H,62,73)(H,63,64,65,66)/t36-,37-,38-,39-,40-/m0/s1. The molecule has 0 bridgehead atoms. The van der Waals surface area contributed by atoms with Gasteiger partial charge in [0.05, 0.1) is 45.0 Å². The average Bonchev–Trinajstić information content (AvgIpc) is 4.16. The lowest BCUT2D eigenvalue weighted by molar-refractivity contribution is -0.135. The Bertz CT molecular complexity index is 2030. The highest BCUT2D eigenvalue weighted by Gasteiger charge is 2.33. The van der Waals surface area contributed by atoms with Crippen molar-refractivity contribution < 1.29 is 57.7 Å². The zero-order valence-electron chi connectivity index (χ0n) is 45.6. The topological polar surface area (TPSA) is 424 Å². The van der Waals surface area contributed by atoms with Gasteiger partial charge in [0.25, 0.3) is 0 Å². The van der Waals surface area contributed by atoms with Crippen LogP contribution < -0.4 is 54.0 Å². The molecule has 0 aromatic carbocycles. The van der Waals surface area contributed by atoms with Crippen molar-refractivity contribution in [2.75, 3.05) is 59.7 Å². The molecule has 0 radical (unpaired) electrons. The molecule has 440 valence electrons. The molecule has 0 aliphatic heterocycles. The lowest BCUT2D eigenvalue weighted by Gasteiger charge is -2.26. The molecule has 0 aliphatic rings.